The molecule has 0 unspecified atom stereocenters. The molecule has 5 nitrogen and oxygen atoms in total. The molecule has 1 aromatic rings. The van der Waals surface area contributed by atoms with Gasteiger partial charge in [-0.15, -0.1) is 0 Å². The first-order valence-electron chi connectivity index (χ1n) is 6.97. The van der Waals surface area contributed by atoms with Crippen molar-refractivity contribution in [1.29, 1.82) is 0 Å². The minimum absolute atomic E-state index is 0.133. The van der Waals surface area contributed by atoms with Gasteiger partial charge in [0.15, 0.2) is 0 Å². The van der Waals surface area contributed by atoms with Crippen LogP contribution in [0.4, 0.5) is 5.69 Å². The third-order valence-electron chi connectivity index (χ3n) is 3.29. The zero-order valence-corrected chi connectivity index (χ0v) is 11.9. The van der Waals surface area contributed by atoms with Gasteiger partial charge in [0.05, 0.1) is 19.6 Å². The van der Waals surface area contributed by atoms with E-state index >= 15 is 0 Å². The van der Waals surface area contributed by atoms with E-state index in [-0.39, 0.29) is 5.91 Å². The number of hydrogen-bond donors (Lipinski definition) is 1. The van der Waals surface area contributed by atoms with Gasteiger partial charge in [-0.2, -0.15) is 0 Å². The molecule has 1 fully saturated rings. The van der Waals surface area contributed by atoms with Crippen LogP contribution in [-0.4, -0.2) is 43.7 Å². The number of nitrogen functional groups attached to an aromatic ring is 1. The number of methoxy groups -OCH3 is 1. The molecule has 2 rings (SSSR count). The van der Waals surface area contributed by atoms with Crippen LogP contribution < -0.4 is 10.5 Å². The van der Waals surface area contributed by atoms with Crippen molar-refractivity contribution in [2.45, 2.75) is 25.3 Å². The van der Waals surface area contributed by atoms with Crippen molar-refractivity contribution < 1.29 is 14.3 Å². The van der Waals surface area contributed by atoms with E-state index in [2.05, 4.69) is 0 Å². The van der Waals surface area contributed by atoms with Crippen LogP contribution in [-0.2, 0) is 9.53 Å². The van der Waals surface area contributed by atoms with Crippen LogP contribution in [0, 0.1) is 0 Å². The molecule has 1 saturated carbocycles. The summed E-state index contributed by atoms with van der Waals surface area (Å²) in [7, 11) is 1.65. The summed E-state index contributed by atoms with van der Waals surface area (Å²) in [5, 5.41) is 0. The number of nitrogens with zero attached hydrogens (tertiary/aromatic N) is 1. The van der Waals surface area contributed by atoms with Crippen molar-refractivity contribution in [3.63, 3.8) is 0 Å². The van der Waals surface area contributed by atoms with Crippen LogP contribution in [0.3, 0.4) is 0 Å². The zero-order chi connectivity index (χ0) is 14.4. The standard InChI is InChI=1S/C15H22N2O3/c1-19-10-8-17(13-5-6-13)15(18)7-9-20-14-4-2-3-12(16)11-14/h2-4,11,13H,5-10,16H2,1H3. The fraction of sp³-hybridized carbons (Fsp3) is 0.533. The molecule has 5 heteroatoms. The fourth-order valence-electron chi connectivity index (χ4n) is 2.09. The molecule has 0 aliphatic heterocycles. The topological polar surface area (TPSA) is 64.8 Å². The maximum atomic E-state index is 12.2. The van der Waals surface area contributed by atoms with E-state index in [1.807, 2.05) is 17.0 Å². The van der Waals surface area contributed by atoms with Crippen LogP contribution in [0.2, 0.25) is 0 Å². The monoisotopic (exact) mass is 278 g/mol. The number of rotatable bonds is 8. The molecule has 2 N–H and O–H groups in total. The number of carbonyl (C=O) groups is 1. The number of benzene rings is 1. The van der Waals surface area contributed by atoms with Gasteiger partial charge in [0.25, 0.3) is 0 Å². The zero-order valence-electron chi connectivity index (χ0n) is 11.9. The average molecular weight is 278 g/mol. The lowest BCUT2D eigenvalue weighted by Crippen LogP contribution is -2.36. The quantitative estimate of drug-likeness (QED) is 0.735. The van der Waals surface area contributed by atoms with Crippen molar-refractivity contribution in [2.24, 2.45) is 0 Å². The van der Waals surface area contributed by atoms with Crippen LogP contribution in [0.5, 0.6) is 5.75 Å². The van der Waals surface area contributed by atoms with Gasteiger partial charge in [-0.25, -0.2) is 0 Å². The number of anilines is 1. The van der Waals surface area contributed by atoms with Crippen molar-refractivity contribution in [3.05, 3.63) is 24.3 Å². The summed E-state index contributed by atoms with van der Waals surface area (Å²) >= 11 is 0. The fourth-order valence-corrected chi connectivity index (χ4v) is 2.09. The van der Waals surface area contributed by atoms with Crippen LogP contribution in [0.15, 0.2) is 24.3 Å². The summed E-state index contributed by atoms with van der Waals surface area (Å²) in [6.07, 6.45) is 2.59. The Hall–Kier alpha value is -1.75. The molecule has 1 aromatic carbocycles. The van der Waals surface area contributed by atoms with Crippen molar-refractivity contribution in [3.8, 4) is 5.75 Å². The first-order chi connectivity index (χ1) is 9.70. The summed E-state index contributed by atoms with van der Waals surface area (Å²) in [6.45, 7) is 1.62. The Bertz CT molecular complexity index is 446. The van der Waals surface area contributed by atoms with Crippen LogP contribution >= 0.6 is 0 Å². The molecule has 0 atom stereocenters. The van der Waals surface area contributed by atoms with E-state index in [0.717, 1.165) is 12.8 Å². The van der Waals surface area contributed by atoms with Crippen molar-refractivity contribution in [2.75, 3.05) is 32.6 Å². The number of nitrogens with two attached hydrogens (primary N) is 1. The third-order valence-corrected chi connectivity index (χ3v) is 3.29. The Kier molecular flexibility index (Phi) is 5.24. The predicted molar refractivity (Wildman–Crippen MR) is 77.6 cm³/mol. The summed E-state index contributed by atoms with van der Waals surface area (Å²) < 4.78 is 10.6. The molecule has 1 aliphatic rings. The number of carbonyl (C=O) groups excluding carboxylic acids is 1. The summed E-state index contributed by atoms with van der Waals surface area (Å²) in [5.74, 6) is 0.834. The van der Waals surface area contributed by atoms with E-state index in [4.69, 9.17) is 15.2 Å². The molecule has 20 heavy (non-hydrogen) atoms. The Morgan fingerprint density at radius 3 is 2.85 bits per heavy atom. The molecule has 0 aromatic heterocycles. The maximum absolute atomic E-state index is 12.2. The van der Waals surface area contributed by atoms with Gasteiger partial charge in [-0.05, 0) is 25.0 Å². The van der Waals surface area contributed by atoms with Crippen LogP contribution in [0.25, 0.3) is 0 Å². The smallest absolute Gasteiger partial charge is 0.226 e. The normalized spacial score (nSPS) is 14.1. The lowest BCUT2D eigenvalue weighted by molar-refractivity contribution is -0.132. The minimum atomic E-state index is 0.133. The summed E-state index contributed by atoms with van der Waals surface area (Å²) in [4.78, 5) is 14.1. The van der Waals surface area contributed by atoms with E-state index in [9.17, 15) is 4.79 Å². The first kappa shape index (κ1) is 14.7. The second kappa shape index (κ2) is 7.14. The summed E-state index contributed by atoms with van der Waals surface area (Å²) in [6, 6.07) is 7.64. The number of hydrogen-bond acceptors (Lipinski definition) is 4. The highest BCUT2D eigenvalue weighted by Crippen LogP contribution is 2.27. The minimum Gasteiger partial charge on any atom is -0.493 e. The predicted octanol–water partition coefficient (Wildman–Crippen LogP) is 1.68. The highest BCUT2D eigenvalue weighted by atomic mass is 16.5. The molecule has 0 radical (unpaired) electrons. The van der Waals surface area contributed by atoms with E-state index < -0.39 is 0 Å². The number of amides is 1. The molecular formula is C15H22N2O3. The average Bonchev–Trinajstić information content (AvgIpc) is 3.24. The van der Waals surface area contributed by atoms with E-state index in [1.54, 1.807) is 19.2 Å². The Morgan fingerprint density at radius 1 is 1.40 bits per heavy atom. The Labute approximate surface area is 119 Å². The molecule has 0 spiro atoms. The van der Waals surface area contributed by atoms with Gasteiger partial charge >= 0.3 is 0 Å². The van der Waals surface area contributed by atoms with Crippen LogP contribution in [0.1, 0.15) is 19.3 Å². The largest absolute Gasteiger partial charge is 0.493 e. The van der Waals surface area contributed by atoms with Gasteiger partial charge in [0.2, 0.25) is 5.91 Å². The van der Waals surface area contributed by atoms with Gasteiger partial charge in [-0.3, -0.25) is 4.79 Å². The van der Waals surface area contributed by atoms with E-state index in [1.165, 1.54) is 0 Å². The lowest BCUT2D eigenvalue weighted by atomic mass is 10.3. The van der Waals surface area contributed by atoms with Gasteiger partial charge < -0.3 is 20.1 Å². The van der Waals surface area contributed by atoms with E-state index in [0.29, 0.717) is 43.7 Å². The van der Waals surface area contributed by atoms with Crippen molar-refractivity contribution in [1.82, 2.24) is 4.90 Å². The molecule has 1 amide bonds. The molecule has 0 bridgehead atoms. The number of ether oxygens (including phenoxy) is 2. The molecule has 110 valence electrons. The molecule has 0 heterocycles. The second-order valence-corrected chi connectivity index (χ2v) is 4.98. The van der Waals surface area contributed by atoms with Gasteiger partial charge in [-0.1, -0.05) is 6.07 Å². The van der Waals surface area contributed by atoms with Gasteiger partial charge in [0.1, 0.15) is 5.75 Å². The third kappa shape index (κ3) is 4.42. The Balaban J connectivity index is 1.75. The summed E-state index contributed by atoms with van der Waals surface area (Å²) in [5.41, 5.74) is 6.33. The SMILES string of the molecule is COCCN(C(=O)CCOc1cccc(N)c1)C1CC1. The molecule has 1 aliphatic carbocycles. The van der Waals surface area contributed by atoms with Gasteiger partial charge in [0, 0.05) is 31.5 Å². The first-order valence-corrected chi connectivity index (χ1v) is 6.97. The lowest BCUT2D eigenvalue weighted by Gasteiger charge is -2.22. The molecular weight excluding hydrogens is 256 g/mol. The van der Waals surface area contributed by atoms with Crippen molar-refractivity contribution >= 4 is 11.6 Å². The highest BCUT2D eigenvalue weighted by Gasteiger charge is 2.31. The second-order valence-electron chi connectivity index (χ2n) is 4.98. The Morgan fingerprint density at radius 2 is 2.20 bits per heavy atom. The highest BCUT2D eigenvalue weighted by molar-refractivity contribution is 5.77. The molecule has 0 saturated heterocycles. The maximum Gasteiger partial charge on any atom is 0.226 e.